The summed E-state index contributed by atoms with van der Waals surface area (Å²) in [5, 5.41) is 18.9. The Labute approximate surface area is 155 Å². The lowest BCUT2D eigenvalue weighted by molar-refractivity contribution is 0.0719. The van der Waals surface area contributed by atoms with E-state index in [-0.39, 0.29) is 0 Å². The molecule has 5 nitrogen and oxygen atoms in total. The number of pyridine rings is 1. The molecule has 0 saturated carbocycles. The van der Waals surface area contributed by atoms with Crippen molar-refractivity contribution in [3.05, 3.63) is 71.2 Å². The quantitative estimate of drug-likeness (QED) is 0.560. The first kappa shape index (κ1) is 16.6. The molecule has 0 fully saturated rings. The minimum absolute atomic E-state index is 0.344. The Kier molecular flexibility index (Phi) is 4.36. The Hall–Kier alpha value is -2.83. The van der Waals surface area contributed by atoms with E-state index in [4.69, 9.17) is 0 Å². The molecule has 130 valence electrons. The summed E-state index contributed by atoms with van der Waals surface area (Å²) in [6.07, 6.45) is 3.47. The molecule has 4 aromatic rings. The van der Waals surface area contributed by atoms with Gasteiger partial charge in [0, 0.05) is 29.9 Å². The lowest BCUT2D eigenvalue weighted by Crippen LogP contribution is -2.30. The van der Waals surface area contributed by atoms with E-state index in [0.717, 1.165) is 22.0 Å². The molecular formula is C20H18N4OS. The molecule has 0 aliphatic heterocycles. The van der Waals surface area contributed by atoms with Crippen LogP contribution < -0.4 is 5.32 Å². The number of aromatic nitrogens is 3. The zero-order valence-electron chi connectivity index (χ0n) is 14.3. The lowest BCUT2D eigenvalue weighted by atomic mass is 9.99. The number of aliphatic hydroxyl groups is 1. The standard InChI is InChI=1S/C20H18N4OS/c1-20(25,15-8-10-26-12-15)13-22-19-16-6-2-3-7-17(16)23-18(24-19)14-5-4-9-21-11-14/h2-12,25H,13H2,1H3,(H,22,23,24). The van der Waals surface area contributed by atoms with Crippen molar-refractivity contribution in [2.75, 3.05) is 11.9 Å². The lowest BCUT2D eigenvalue weighted by Gasteiger charge is -2.23. The van der Waals surface area contributed by atoms with Gasteiger partial charge in [0.05, 0.1) is 5.52 Å². The predicted molar refractivity (Wildman–Crippen MR) is 105 cm³/mol. The second kappa shape index (κ2) is 6.82. The van der Waals surface area contributed by atoms with Crippen LogP contribution >= 0.6 is 11.3 Å². The molecule has 4 rings (SSSR count). The van der Waals surface area contributed by atoms with Crippen LogP contribution in [-0.4, -0.2) is 26.6 Å². The molecular weight excluding hydrogens is 344 g/mol. The van der Waals surface area contributed by atoms with Gasteiger partial charge in [-0.2, -0.15) is 11.3 Å². The van der Waals surface area contributed by atoms with E-state index in [0.29, 0.717) is 18.2 Å². The summed E-state index contributed by atoms with van der Waals surface area (Å²) >= 11 is 1.57. The topological polar surface area (TPSA) is 70.9 Å². The maximum atomic E-state index is 10.8. The van der Waals surface area contributed by atoms with Gasteiger partial charge in [-0.1, -0.05) is 12.1 Å². The Bertz CT molecular complexity index is 1020. The zero-order chi connectivity index (χ0) is 18.0. The highest BCUT2D eigenvalue weighted by Crippen LogP contribution is 2.27. The molecule has 6 heteroatoms. The molecule has 0 aliphatic rings. The summed E-state index contributed by atoms with van der Waals surface area (Å²) in [4.78, 5) is 13.5. The SMILES string of the molecule is CC(O)(CNc1nc(-c2cccnc2)nc2ccccc12)c1ccsc1. The van der Waals surface area contributed by atoms with E-state index < -0.39 is 5.60 Å². The van der Waals surface area contributed by atoms with Gasteiger partial charge in [-0.3, -0.25) is 4.98 Å². The zero-order valence-corrected chi connectivity index (χ0v) is 15.1. The van der Waals surface area contributed by atoms with Gasteiger partial charge >= 0.3 is 0 Å². The number of nitrogens with zero attached hydrogens (tertiary/aromatic N) is 3. The highest BCUT2D eigenvalue weighted by atomic mass is 32.1. The largest absolute Gasteiger partial charge is 0.384 e. The summed E-state index contributed by atoms with van der Waals surface area (Å²) in [7, 11) is 0. The van der Waals surface area contributed by atoms with Gasteiger partial charge < -0.3 is 10.4 Å². The highest BCUT2D eigenvalue weighted by Gasteiger charge is 2.24. The molecule has 0 aliphatic carbocycles. The number of thiophene rings is 1. The number of rotatable bonds is 5. The summed E-state index contributed by atoms with van der Waals surface area (Å²) < 4.78 is 0. The molecule has 0 saturated heterocycles. The Morgan fingerprint density at radius 1 is 1.12 bits per heavy atom. The molecule has 0 radical (unpaired) electrons. The van der Waals surface area contributed by atoms with Crippen molar-refractivity contribution in [2.24, 2.45) is 0 Å². The number of fused-ring (bicyclic) bond motifs is 1. The Morgan fingerprint density at radius 3 is 2.77 bits per heavy atom. The van der Waals surface area contributed by atoms with Crippen LogP contribution in [0.15, 0.2) is 65.6 Å². The highest BCUT2D eigenvalue weighted by molar-refractivity contribution is 7.08. The van der Waals surface area contributed by atoms with Crippen LogP contribution in [0.25, 0.3) is 22.3 Å². The molecule has 3 aromatic heterocycles. The van der Waals surface area contributed by atoms with Crippen molar-refractivity contribution in [3.8, 4) is 11.4 Å². The van der Waals surface area contributed by atoms with Crippen LogP contribution in [0.5, 0.6) is 0 Å². The van der Waals surface area contributed by atoms with Gasteiger partial charge in [0.25, 0.3) is 0 Å². The van der Waals surface area contributed by atoms with Crippen molar-refractivity contribution >= 4 is 28.1 Å². The van der Waals surface area contributed by atoms with Crippen LogP contribution in [0.2, 0.25) is 0 Å². The fourth-order valence-corrected chi connectivity index (χ4v) is 3.55. The monoisotopic (exact) mass is 362 g/mol. The van der Waals surface area contributed by atoms with Crippen molar-refractivity contribution < 1.29 is 5.11 Å². The van der Waals surface area contributed by atoms with Crippen LogP contribution in [0.3, 0.4) is 0 Å². The first-order chi connectivity index (χ1) is 12.6. The van der Waals surface area contributed by atoms with Gasteiger partial charge in [-0.05, 0) is 53.6 Å². The number of anilines is 1. The van der Waals surface area contributed by atoms with Crippen molar-refractivity contribution in [1.29, 1.82) is 0 Å². The summed E-state index contributed by atoms with van der Waals surface area (Å²) in [6, 6.07) is 13.6. The van der Waals surface area contributed by atoms with E-state index in [1.165, 1.54) is 0 Å². The van der Waals surface area contributed by atoms with E-state index >= 15 is 0 Å². The fraction of sp³-hybridized carbons (Fsp3) is 0.150. The smallest absolute Gasteiger partial charge is 0.163 e. The van der Waals surface area contributed by atoms with E-state index in [1.807, 2.05) is 53.2 Å². The molecule has 3 heterocycles. The average molecular weight is 362 g/mol. The number of hydrogen-bond acceptors (Lipinski definition) is 6. The minimum atomic E-state index is -0.986. The summed E-state index contributed by atoms with van der Waals surface area (Å²) in [6.45, 7) is 2.14. The number of nitrogens with one attached hydrogen (secondary N) is 1. The first-order valence-corrected chi connectivity index (χ1v) is 9.24. The molecule has 1 unspecified atom stereocenters. The summed E-state index contributed by atoms with van der Waals surface area (Å²) in [5.74, 6) is 1.31. The maximum Gasteiger partial charge on any atom is 0.163 e. The Morgan fingerprint density at radius 2 is 2.00 bits per heavy atom. The van der Waals surface area contributed by atoms with Gasteiger partial charge in [0.2, 0.25) is 0 Å². The predicted octanol–water partition coefficient (Wildman–Crippen LogP) is 4.07. The molecule has 1 aromatic carbocycles. The van der Waals surface area contributed by atoms with E-state index in [2.05, 4.69) is 20.3 Å². The average Bonchev–Trinajstić information content (AvgIpc) is 3.22. The van der Waals surface area contributed by atoms with Crippen LogP contribution in [0.1, 0.15) is 12.5 Å². The van der Waals surface area contributed by atoms with Gasteiger partial charge in [0.1, 0.15) is 11.4 Å². The maximum absolute atomic E-state index is 10.8. The van der Waals surface area contributed by atoms with Crippen LogP contribution in [-0.2, 0) is 5.60 Å². The van der Waals surface area contributed by atoms with Crippen molar-refractivity contribution in [3.63, 3.8) is 0 Å². The number of benzene rings is 1. The second-order valence-electron chi connectivity index (χ2n) is 6.29. The Balaban J connectivity index is 1.72. The second-order valence-corrected chi connectivity index (χ2v) is 7.07. The molecule has 1 atom stereocenters. The number of para-hydroxylation sites is 1. The van der Waals surface area contributed by atoms with Gasteiger partial charge in [-0.15, -0.1) is 0 Å². The van der Waals surface area contributed by atoms with Gasteiger partial charge in [0.15, 0.2) is 5.82 Å². The third-order valence-corrected chi connectivity index (χ3v) is 4.95. The molecule has 26 heavy (non-hydrogen) atoms. The number of hydrogen-bond donors (Lipinski definition) is 2. The van der Waals surface area contributed by atoms with E-state index in [1.54, 1.807) is 30.7 Å². The molecule has 0 spiro atoms. The molecule has 0 bridgehead atoms. The minimum Gasteiger partial charge on any atom is -0.384 e. The fourth-order valence-electron chi connectivity index (χ4n) is 2.76. The van der Waals surface area contributed by atoms with Gasteiger partial charge in [-0.25, -0.2) is 9.97 Å². The molecule has 2 N–H and O–H groups in total. The first-order valence-electron chi connectivity index (χ1n) is 8.29. The normalized spacial score (nSPS) is 13.5. The third kappa shape index (κ3) is 3.29. The van der Waals surface area contributed by atoms with Crippen molar-refractivity contribution in [1.82, 2.24) is 15.0 Å². The van der Waals surface area contributed by atoms with Crippen LogP contribution in [0, 0.1) is 0 Å². The van der Waals surface area contributed by atoms with Crippen molar-refractivity contribution in [2.45, 2.75) is 12.5 Å². The molecule has 0 amide bonds. The summed E-state index contributed by atoms with van der Waals surface area (Å²) in [5.41, 5.74) is 1.60. The van der Waals surface area contributed by atoms with E-state index in [9.17, 15) is 5.11 Å². The third-order valence-electron chi connectivity index (χ3n) is 4.27. The van der Waals surface area contributed by atoms with Crippen LogP contribution in [0.4, 0.5) is 5.82 Å².